The highest BCUT2D eigenvalue weighted by Crippen LogP contribution is 2.47. The number of hydrogen-bond donors (Lipinski definition) is 0. The van der Waals surface area contributed by atoms with Crippen LogP contribution in [0.25, 0.3) is 16.7 Å². The summed E-state index contributed by atoms with van der Waals surface area (Å²) in [5, 5.41) is 0. The highest BCUT2D eigenvalue weighted by molar-refractivity contribution is 5.98. The Morgan fingerprint density at radius 3 is 2.57 bits per heavy atom. The summed E-state index contributed by atoms with van der Waals surface area (Å²) in [4.78, 5) is 30.2. The molecule has 3 aromatic carbocycles. The zero-order valence-electron chi connectivity index (χ0n) is 24.8. The number of hydrogen-bond acceptors (Lipinski definition) is 7. The van der Waals surface area contributed by atoms with E-state index in [9.17, 15) is 27.2 Å². The third kappa shape index (κ3) is 5.12. The zero-order chi connectivity index (χ0) is 32.3. The van der Waals surface area contributed by atoms with E-state index in [1.807, 2.05) is 0 Å². The Bertz CT molecular complexity index is 1850. The van der Waals surface area contributed by atoms with E-state index in [1.54, 1.807) is 35.8 Å². The van der Waals surface area contributed by atoms with Crippen molar-refractivity contribution in [2.24, 2.45) is 0 Å². The molecule has 4 heterocycles. The predicted molar refractivity (Wildman–Crippen MR) is 157 cm³/mol. The Kier molecular flexibility index (Phi) is 7.38. The molecule has 0 bridgehead atoms. The maximum absolute atomic E-state index is 14.5. The second-order valence-corrected chi connectivity index (χ2v) is 11.6. The summed E-state index contributed by atoms with van der Waals surface area (Å²) in [6.45, 7) is 3.73. The summed E-state index contributed by atoms with van der Waals surface area (Å²) in [7, 11) is 0. The van der Waals surface area contributed by atoms with Crippen LogP contribution >= 0.6 is 0 Å². The van der Waals surface area contributed by atoms with Crippen molar-refractivity contribution in [3.63, 3.8) is 0 Å². The molecular formula is C33H29F4N3O6. The summed E-state index contributed by atoms with van der Waals surface area (Å²) in [6.07, 6.45) is -5.16. The van der Waals surface area contributed by atoms with Gasteiger partial charge in [-0.05, 0) is 50.1 Å². The van der Waals surface area contributed by atoms with Gasteiger partial charge in [-0.25, -0.2) is 9.37 Å². The number of anilines is 1. The van der Waals surface area contributed by atoms with Crippen LogP contribution in [0.15, 0.2) is 54.6 Å². The number of halogens is 4. The first kappa shape index (κ1) is 30.0. The number of para-hydroxylation sites is 1. The number of fused-ring (bicyclic) bond motifs is 3. The van der Waals surface area contributed by atoms with Crippen LogP contribution in [-0.2, 0) is 19.1 Å². The van der Waals surface area contributed by atoms with Gasteiger partial charge in [-0.15, -0.1) is 0 Å². The second-order valence-electron chi connectivity index (χ2n) is 11.6. The number of rotatable bonds is 5. The Morgan fingerprint density at radius 2 is 1.83 bits per heavy atom. The highest BCUT2D eigenvalue weighted by atomic mass is 19.4. The average molecular weight is 640 g/mol. The van der Waals surface area contributed by atoms with Crippen molar-refractivity contribution in [2.75, 3.05) is 24.7 Å². The van der Waals surface area contributed by atoms with E-state index in [2.05, 4.69) is 0 Å². The van der Waals surface area contributed by atoms with Gasteiger partial charge in [0.05, 0.1) is 22.8 Å². The van der Waals surface area contributed by atoms with E-state index in [-0.39, 0.29) is 29.7 Å². The number of alkyl halides is 3. The first-order chi connectivity index (χ1) is 22.0. The monoisotopic (exact) mass is 639 g/mol. The van der Waals surface area contributed by atoms with Gasteiger partial charge in [0.25, 0.3) is 0 Å². The third-order valence-electron chi connectivity index (χ3n) is 8.63. The molecule has 0 N–H and O–H groups in total. The molecule has 0 saturated carbocycles. The topological polar surface area (TPSA) is 92.1 Å². The standard InChI is InChI=1S/C33H29F4N3O6/c1-17-29(46-18(2)41)23-8-7-21(15-28(23)45-17)39(32(42)33(35,36)37)27-16-44-30-22(27)4-3-5-25(30)40-26-14-20(34)6-9-24(26)38-31(40)19-10-12-43-13-11-19/h3-9,14-15,17,19,27,29H,10-13,16H2,1-2H3/t17?,27-,29-/m1/s1. The van der Waals surface area contributed by atoms with E-state index in [1.165, 1.54) is 37.3 Å². The fraction of sp³-hybridized carbons (Fsp3) is 0.364. The number of carbonyl (C=O) groups is 2. The molecule has 0 aliphatic carbocycles. The van der Waals surface area contributed by atoms with Gasteiger partial charge < -0.3 is 18.9 Å². The number of benzene rings is 3. The third-order valence-corrected chi connectivity index (χ3v) is 8.63. The molecule has 1 saturated heterocycles. The number of carbonyl (C=O) groups excluding carboxylic acids is 2. The van der Waals surface area contributed by atoms with Crippen LogP contribution in [0.4, 0.5) is 23.2 Å². The summed E-state index contributed by atoms with van der Waals surface area (Å²) < 4.78 is 81.6. The molecule has 4 aromatic rings. The minimum atomic E-state index is -5.21. The minimum absolute atomic E-state index is 0.00909. The fourth-order valence-corrected chi connectivity index (χ4v) is 6.59. The Labute approximate surface area is 260 Å². The lowest BCUT2D eigenvalue weighted by atomic mass is 9.99. The van der Waals surface area contributed by atoms with Gasteiger partial charge in [0.2, 0.25) is 0 Å². The maximum atomic E-state index is 14.5. The van der Waals surface area contributed by atoms with E-state index >= 15 is 0 Å². The van der Waals surface area contributed by atoms with Crippen LogP contribution in [0.1, 0.15) is 61.7 Å². The molecule has 9 nitrogen and oxygen atoms in total. The Morgan fingerprint density at radius 1 is 1.04 bits per heavy atom. The summed E-state index contributed by atoms with van der Waals surface area (Å²) in [6, 6.07) is 12.4. The first-order valence-electron chi connectivity index (χ1n) is 14.9. The van der Waals surface area contributed by atoms with Gasteiger partial charge in [-0.1, -0.05) is 12.1 Å². The number of aromatic nitrogens is 2. The van der Waals surface area contributed by atoms with Gasteiger partial charge in [0.15, 0.2) is 6.10 Å². The molecule has 13 heteroatoms. The van der Waals surface area contributed by atoms with Gasteiger partial charge >= 0.3 is 18.1 Å². The van der Waals surface area contributed by atoms with Gasteiger partial charge in [-0.2, -0.15) is 13.2 Å². The van der Waals surface area contributed by atoms with Crippen LogP contribution < -0.4 is 14.4 Å². The molecule has 1 aromatic heterocycles. The smallest absolute Gasteiger partial charge is 0.471 e. The molecule has 7 rings (SSSR count). The molecule has 240 valence electrons. The minimum Gasteiger partial charge on any atom is -0.488 e. The van der Waals surface area contributed by atoms with E-state index < -0.39 is 42.1 Å². The Hall–Kier alpha value is -4.65. The van der Waals surface area contributed by atoms with Crippen LogP contribution in [0.3, 0.4) is 0 Å². The first-order valence-corrected chi connectivity index (χ1v) is 14.9. The number of nitrogens with zero attached hydrogens (tertiary/aromatic N) is 3. The fourth-order valence-electron chi connectivity index (χ4n) is 6.59. The number of imidazole rings is 1. The van der Waals surface area contributed by atoms with Crippen LogP contribution in [0.2, 0.25) is 0 Å². The summed E-state index contributed by atoms with van der Waals surface area (Å²) in [5.41, 5.74) is 2.28. The average Bonchev–Trinajstić information content (AvgIpc) is 3.70. The van der Waals surface area contributed by atoms with Crippen molar-refractivity contribution in [3.8, 4) is 17.2 Å². The normalized spacial score (nSPS) is 21.0. The van der Waals surface area contributed by atoms with Gasteiger partial charge in [0, 0.05) is 55.0 Å². The zero-order valence-corrected chi connectivity index (χ0v) is 24.8. The van der Waals surface area contributed by atoms with E-state index in [4.69, 9.17) is 23.9 Å². The van der Waals surface area contributed by atoms with E-state index in [0.717, 1.165) is 0 Å². The maximum Gasteiger partial charge on any atom is 0.471 e. The summed E-state index contributed by atoms with van der Waals surface area (Å²) >= 11 is 0. The van der Waals surface area contributed by atoms with Crippen LogP contribution in [-0.4, -0.2) is 53.5 Å². The predicted octanol–water partition coefficient (Wildman–Crippen LogP) is 6.47. The SMILES string of the molecule is CC(=O)O[C@H]1c2ccc(N(C(=O)C(F)(F)F)[C@@H]3COc4c3cccc4-n3c(C4CCOCC4)nc4ccc(F)cc43)cc2OC1C. The molecule has 1 unspecified atom stereocenters. The molecule has 1 fully saturated rings. The lowest BCUT2D eigenvalue weighted by Crippen LogP contribution is -2.44. The lowest BCUT2D eigenvalue weighted by molar-refractivity contribution is -0.171. The number of esters is 1. The Balaban J connectivity index is 1.34. The lowest BCUT2D eigenvalue weighted by Gasteiger charge is -2.29. The van der Waals surface area contributed by atoms with Crippen molar-refractivity contribution in [2.45, 2.75) is 57.0 Å². The quantitative estimate of drug-likeness (QED) is 0.183. The summed E-state index contributed by atoms with van der Waals surface area (Å²) in [5.74, 6) is -1.95. The molecule has 3 aliphatic rings. The molecule has 1 amide bonds. The van der Waals surface area contributed by atoms with Crippen molar-refractivity contribution in [1.29, 1.82) is 0 Å². The van der Waals surface area contributed by atoms with Crippen molar-refractivity contribution in [1.82, 2.24) is 9.55 Å². The highest BCUT2D eigenvalue weighted by Gasteiger charge is 2.48. The van der Waals surface area contributed by atoms with E-state index in [0.29, 0.717) is 64.6 Å². The molecule has 46 heavy (non-hydrogen) atoms. The van der Waals surface area contributed by atoms with Crippen molar-refractivity contribution < 1.29 is 46.1 Å². The van der Waals surface area contributed by atoms with Crippen molar-refractivity contribution in [3.05, 3.63) is 77.4 Å². The van der Waals surface area contributed by atoms with Gasteiger partial charge in [0.1, 0.15) is 35.9 Å². The van der Waals surface area contributed by atoms with Crippen LogP contribution in [0, 0.1) is 5.82 Å². The van der Waals surface area contributed by atoms with Gasteiger partial charge in [-0.3, -0.25) is 19.1 Å². The molecule has 3 aliphatic heterocycles. The van der Waals surface area contributed by atoms with Crippen molar-refractivity contribution >= 4 is 28.6 Å². The second kappa shape index (κ2) is 11.3. The molecule has 0 radical (unpaired) electrons. The molecular weight excluding hydrogens is 610 g/mol. The largest absolute Gasteiger partial charge is 0.488 e. The van der Waals surface area contributed by atoms with Crippen LogP contribution in [0.5, 0.6) is 11.5 Å². The molecule has 0 spiro atoms. The molecule has 3 atom stereocenters. The number of ether oxygens (including phenoxy) is 4. The number of amides is 1.